The molecule has 1 amide bonds. The second-order valence-electron chi connectivity index (χ2n) is 5.00. The molecule has 110 valence electrons. The van der Waals surface area contributed by atoms with Crippen molar-refractivity contribution in [2.45, 2.75) is 44.6 Å². The van der Waals surface area contributed by atoms with Gasteiger partial charge in [-0.25, -0.2) is 4.79 Å². The number of amides is 1. The number of aliphatic carboxylic acids is 1. The van der Waals surface area contributed by atoms with E-state index in [2.05, 4.69) is 10.2 Å². The fourth-order valence-electron chi connectivity index (χ4n) is 2.27. The van der Waals surface area contributed by atoms with Crippen LogP contribution in [0.4, 0.5) is 0 Å². The molecule has 19 heavy (non-hydrogen) atoms. The Morgan fingerprint density at radius 2 is 1.79 bits per heavy atom. The first-order valence-corrected chi connectivity index (χ1v) is 6.99. The van der Waals surface area contributed by atoms with Crippen LogP contribution in [0, 0.1) is 0 Å². The van der Waals surface area contributed by atoms with Gasteiger partial charge in [0.2, 0.25) is 5.91 Å². The lowest BCUT2D eigenvalue weighted by molar-refractivity contribution is -0.142. The fraction of sp³-hybridized carbons (Fsp3) is 0.846. The molecule has 1 aliphatic heterocycles. The number of hydrogen-bond donors (Lipinski definition) is 3. The number of carbonyl (C=O) groups excluding carboxylic acids is 1. The van der Waals surface area contributed by atoms with Crippen molar-refractivity contribution < 1.29 is 19.8 Å². The van der Waals surface area contributed by atoms with Crippen molar-refractivity contribution in [1.82, 2.24) is 10.2 Å². The van der Waals surface area contributed by atoms with Gasteiger partial charge in [0.15, 0.2) is 0 Å². The number of carbonyl (C=O) groups is 2. The third-order valence-electron chi connectivity index (χ3n) is 3.39. The maximum atomic E-state index is 11.5. The van der Waals surface area contributed by atoms with Gasteiger partial charge in [-0.05, 0) is 38.9 Å². The van der Waals surface area contributed by atoms with Crippen LogP contribution in [0.2, 0.25) is 0 Å². The summed E-state index contributed by atoms with van der Waals surface area (Å²) in [7, 11) is 0. The van der Waals surface area contributed by atoms with E-state index in [1.54, 1.807) is 0 Å². The number of hydrogen-bond acceptors (Lipinski definition) is 4. The predicted molar refractivity (Wildman–Crippen MR) is 70.8 cm³/mol. The standard InChI is InChI=1S/C13H24N2O4/c16-10-11(13(18)19)14-12(17)6-5-9-15-7-3-1-2-4-8-15/h11,16H,1-10H2,(H,14,17)(H,18,19). The van der Waals surface area contributed by atoms with Gasteiger partial charge >= 0.3 is 5.97 Å². The minimum Gasteiger partial charge on any atom is -0.480 e. The zero-order valence-corrected chi connectivity index (χ0v) is 11.3. The Hall–Kier alpha value is -1.14. The van der Waals surface area contributed by atoms with Gasteiger partial charge in [-0.2, -0.15) is 0 Å². The summed E-state index contributed by atoms with van der Waals surface area (Å²) in [4.78, 5) is 24.5. The monoisotopic (exact) mass is 272 g/mol. The number of carboxylic acids is 1. The molecule has 0 saturated carbocycles. The molecule has 1 fully saturated rings. The van der Waals surface area contributed by atoms with Crippen molar-refractivity contribution in [2.24, 2.45) is 0 Å². The highest BCUT2D eigenvalue weighted by Gasteiger charge is 2.18. The minimum absolute atomic E-state index is 0.306. The van der Waals surface area contributed by atoms with Crippen molar-refractivity contribution in [3.8, 4) is 0 Å². The van der Waals surface area contributed by atoms with Gasteiger partial charge in [-0.1, -0.05) is 12.8 Å². The van der Waals surface area contributed by atoms with Crippen LogP contribution in [-0.4, -0.2) is 59.3 Å². The fourth-order valence-corrected chi connectivity index (χ4v) is 2.27. The Morgan fingerprint density at radius 1 is 1.16 bits per heavy atom. The van der Waals surface area contributed by atoms with Crippen LogP contribution in [0.15, 0.2) is 0 Å². The summed E-state index contributed by atoms with van der Waals surface area (Å²) in [5.74, 6) is -1.51. The minimum atomic E-state index is -1.21. The van der Waals surface area contributed by atoms with Crippen LogP contribution in [-0.2, 0) is 9.59 Å². The van der Waals surface area contributed by atoms with Crippen LogP contribution >= 0.6 is 0 Å². The van der Waals surface area contributed by atoms with Gasteiger partial charge in [-0.3, -0.25) is 4.79 Å². The molecule has 0 aliphatic carbocycles. The normalized spacial score (nSPS) is 18.6. The lowest BCUT2D eigenvalue weighted by atomic mass is 10.2. The quantitative estimate of drug-likeness (QED) is 0.616. The number of nitrogens with one attached hydrogen (secondary N) is 1. The SMILES string of the molecule is O=C(CCCN1CCCCCC1)NC(CO)C(=O)O. The van der Waals surface area contributed by atoms with Crippen LogP contribution in [0.3, 0.4) is 0 Å². The van der Waals surface area contributed by atoms with Crippen LogP contribution in [0.25, 0.3) is 0 Å². The first-order valence-electron chi connectivity index (χ1n) is 6.99. The maximum Gasteiger partial charge on any atom is 0.328 e. The highest BCUT2D eigenvalue weighted by Crippen LogP contribution is 2.10. The van der Waals surface area contributed by atoms with Crippen molar-refractivity contribution >= 4 is 11.9 Å². The van der Waals surface area contributed by atoms with E-state index in [4.69, 9.17) is 10.2 Å². The molecular weight excluding hydrogens is 248 g/mol. The number of carboxylic acid groups (broad SMARTS) is 1. The largest absolute Gasteiger partial charge is 0.480 e. The number of nitrogens with zero attached hydrogens (tertiary/aromatic N) is 1. The van der Waals surface area contributed by atoms with Gasteiger partial charge < -0.3 is 20.4 Å². The van der Waals surface area contributed by atoms with E-state index < -0.39 is 18.6 Å². The van der Waals surface area contributed by atoms with Crippen LogP contribution < -0.4 is 5.32 Å². The van der Waals surface area contributed by atoms with Crippen molar-refractivity contribution in [3.63, 3.8) is 0 Å². The van der Waals surface area contributed by atoms with Crippen molar-refractivity contribution in [2.75, 3.05) is 26.2 Å². The third kappa shape index (κ3) is 6.54. The zero-order chi connectivity index (χ0) is 14.1. The van der Waals surface area contributed by atoms with Gasteiger partial charge in [0.05, 0.1) is 6.61 Å². The Labute approximate surface area is 113 Å². The molecule has 0 radical (unpaired) electrons. The third-order valence-corrected chi connectivity index (χ3v) is 3.39. The van der Waals surface area contributed by atoms with Gasteiger partial charge in [0.25, 0.3) is 0 Å². The van der Waals surface area contributed by atoms with E-state index in [9.17, 15) is 9.59 Å². The first kappa shape index (κ1) is 15.9. The average molecular weight is 272 g/mol. The number of rotatable bonds is 7. The molecule has 0 spiro atoms. The van der Waals surface area contributed by atoms with E-state index in [1.165, 1.54) is 25.7 Å². The molecule has 1 atom stereocenters. The molecule has 1 rings (SSSR count). The maximum absolute atomic E-state index is 11.5. The molecule has 0 aromatic heterocycles. The molecule has 1 heterocycles. The summed E-state index contributed by atoms with van der Waals surface area (Å²) in [5, 5.41) is 19.8. The van der Waals surface area contributed by atoms with Crippen molar-refractivity contribution in [1.29, 1.82) is 0 Å². The highest BCUT2D eigenvalue weighted by atomic mass is 16.4. The first-order chi connectivity index (χ1) is 9.13. The highest BCUT2D eigenvalue weighted by molar-refractivity contribution is 5.83. The number of aliphatic hydroxyl groups is 1. The second kappa shape index (κ2) is 8.87. The smallest absolute Gasteiger partial charge is 0.328 e. The van der Waals surface area contributed by atoms with Crippen LogP contribution in [0.1, 0.15) is 38.5 Å². The lowest BCUT2D eigenvalue weighted by Gasteiger charge is -2.19. The molecule has 1 saturated heterocycles. The number of likely N-dealkylation sites (tertiary alicyclic amines) is 1. The van der Waals surface area contributed by atoms with E-state index in [1.807, 2.05) is 0 Å². The van der Waals surface area contributed by atoms with Gasteiger partial charge in [0.1, 0.15) is 6.04 Å². The molecule has 1 unspecified atom stereocenters. The lowest BCUT2D eigenvalue weighted by Crippen LogP contribution is -2.43. The second-order valence-corrected chi connectivity index (χ2v) is 5.00. The Bertz CT molecular complexity index is 288. The molecule has 0 bridgehead atoms. The Morgan fingerprint density at radius 3 is 2.32 bits per heavy atom. The summed E-state index contributed by atoms with van der Waals surface area (Å²) in [6.45, 7) is 2.49. The topological polar surface area (TPSA) is 89.9 Å². The van der Waals surface area contributed by atoms with Crippen LogP contribution in [0.5, 0.6) is 0 Å². The molecule has 1 aliphatic rings. The van der Waals surface area contributed by atoms with Gasteiger partial charge in [0, 0.05) is 6.42 Å². The molecular formula is C13H24N2O4. The summed E-state index contributed by atoms with van der Waals surface area (Å²) >= 11 is 0. The average Bonchev–Trinajstić information content (AvgIpc) is 2.64. The summed E-state index contributed by atoms with van der Waals surface area (Å²) in [6.07, 6.45) is 6.04. The van der Waals surface area contributed by atoms with Gasteiger partial charge in [-0.15, -0.1) is 0 Å². The predicted octanol–water partition coefficient (Wildman–Crippen LogP) is 0.204. The van der Waals surface area contributed by atoms with E-state index in [0.29, 0.717) is 6.42 Å². The van der Waals surface area contributed by atoms with E-state index >= 15 is 0 Å². The summed E-state index contributed by atoms with van der Waals surface area (Å²) in [5.41, 5.74) is 0. The Kier molecular flexibility index (Phi) is 7.43. The molecule has 0 aromatic rings. The molecule has 0 aromatic carbocycles. The number of aliphatic hydroxyl groups excluding tert-OH is 1. The zero-order valence-electron chi connectivity index (χ0n) is 11.3. The van der Waals surface area contributed by atoms with E-state index in [0.717, 1.165) is 26.1 Å². The molecule has 3 N–H and O–H groups in total. The Balaban J connectivity index is 2.17. The van der Waals surface area contributed by atoms with Crippen molar-refractivity contribution in [3.05, 3.63) is 0 Å². The molecule has 6 heteroatoms. The van der Waals surface area contributed by atoms with E-state index in [-0.39, 0.29) is 5.91 Å². The summed E-state index contributed by atoms with van der Waals surface area (Å²) < 4.78 is 0. The summed E-state index contributed by atoms with van der Waals surface area (Å²) in [6, 6.07) is -1.19. The molecule has 6 nitrogen and oxygen atoms in total.